The van der Waals surface area contributed by atoms with Crippen LogP contribution in [0.4, 0.5) is 0 Å². The first-order chi connectivity index (χ1) is 4.78. The van der Waals surface area contributed by atoms with Crippen molar-refractivity contribution in [2.45, 2.75) is 40.5 Å². The van der Waals surface area contributed by atoms with Gasteiger partial charge in [0.25, 0.3) is 0 Å². The summed E-state index contributed by atoms with van der Waals surface area (Å²) in [6.45, 7) is 2.50. The van der Waals surface area contributed by atoms with Gasteiger partial charge in [0.15, 0.2) is 0 Å². The zero-order valence-electron chi connectivity index (χ0n) is 6.44. The quantitative estimate of drug-likeness (QED) is 0.383. The Labute approximate surface area is 73.0 Å². The van der Waals surface area contributed by atoms with Crippen LogP contribution in [0.3, 0.4) is 0 Å². The second-order valence-electron chi connectivity index (χ2n) is 4.41. The van der Waals surface area contributed by atoms with Crippen molar-refractivity contribution < 1.29 is 21.2 Å². The molecule has 3 aliphatic rings. The summed E-state index contributed by atoms with van der Waals surface area (Å²) in [7, 11) is 0. The summed E-state index contributed by atoms with van der Waals surface area (Å²) in [6, 6.07) is 0. The van der Waals surface area contributed by atoms with Gasteiger partial charge in [0, 0.05) is 0 Å². The molecule has 1 heterocycles. The normalized spacial score (nSPS) is 64.7. The number of alkyl halides is 2. The Morgan fingerprint density at radius 2 is 2.20 bits per heavy atom. The summed E-state index contributed by atoms with van der Waals surface area (Å²) in [5.41, 5.74) is 0.960. The third-order valence-electron chi connectivity index (χ3n) is 3.61. The maximum atomic E-state index is 2.50. The molecule has 2 bridgehead atoms. The van der Waals surface area contributed by atoms with Gasteiger partial charge < -0.3 is 0 Å². The van der Waals surface area contributed by atoms with E-state index in [0.717, 1.165) is 5.41 Å². The van der Waals surface area contributed by atoms with Crippen LogP contribution in [0.5, 0.6) is 0 Å². The fourth-order valence-corrected chi connectivity index (χ4v) is 8.09. The minimum absolute atomic E-state index is 0.626. The van der Waals surface area contributed by atoms with Crippen molar-refractivity contribution in [2.24, 2.45) is 11.3 Å². The molecule has 3 rings (SSSR count). The Morgan fingerprint density at radius 1 is 1.30 bits per heavy atom. The van der Waals surface area contributed by atoms with Crippen LogP contribution in [0.15, 0.2) is 0 Å². The van der Waals surface area contributed by atoms with Gasteiger partial charge in [-0.25, -0.2) is 0 Å². The van der Waals surface area contributed by atoms with Crippen LogP contribution in [-0.4, -0.2) is 7.85 Å². The van der Waals surface area contributed by atoms with Gasteiger partial charge in [-0.3, -0.25) is 0 Å². The average Bonchev–Trinajstić information content (AvgIpc) is 2.33. The Hall–Kier alpha value is 0.730. The summed E-state index contributed by atoms with van der Waals surface area (Å²) in [5, 5.41) is 0. The maximum absolute atomic E-state index is 2.50. The first-order valence-corrected chi connectivity index (χ1v) is 6.90. The molecule has 0 aromatic carbocycles. The van der Waals surface area contributed by atoms with Crippen molar-refractivity contribution >= 4 is 0 Å². The van der Waals surface area contributed by atoms with Gasteiger partial charge in [0.2, 0.25) is 0 Å². The van der Waals surface area contributed by atoms with E-state index in [4.69, 9.17) is 0 Å². The molecule has 10 heavy (non-hydrogen) atoms. The minimum atomic E-state index is 0.626. The van der Waals surface area contributed by atoms with Crippen molar-refractivity contribution in [1.82, 2.24) is 0 Å². The van der Waals surface area contributed by atoms with Crippen molar-refractivity contribution in [1.29, 1.82) is 0 Å². The first-order valence-electron chi connectivity index (χ1n) is 4.40. The topological polar surface area (TPSA) is 0 Å². The molecular weight excluding hydrogens is 235 g/mol. The number of halogens is 1. The van der Waals surface area contributed by atoms with Gasteiger partial charge in [0.05, 0.1) is 0 Å². The van der Waals surface area contributed by atoms with Gasteiger partial charge in [-0.2, -0.15) is 0 Å². The van der Waals surface area contributed by atoms with Crippen LogP contribution in [0.2, 0.25) is 0 Å². The first kappa shape index (κ1) is 6.27. The molecular formula is C9H14I-. The van der Waals surface area contributed by atoms with E-state index in [0.29, 0.717) is 21.2 Å². The third-order valence-corrected chi connectivity index (χ3v) is 7.24. The molecule has 1 saturated heterocycles. The van der Waals surface area contributed by atoms with Crippen molar-refractivity contribution in [3.05, 3.63) is 0 Å². The number of rotatable bonds is 0. The Bertz CT molecular complexity index is 176. The molecule has 4 unspecified atom stereocenters. The number of hydrogen-bond acceptors (Lipinski definition) is 0. The zero-order chi connectivity index (χ0) is 6.77. The second kappa shape index (κ2) is 1.73. The standard InChI is InChI=1S/C9H14I/c1-6-3-9-4-7(9)2-8(5-9)10-6/h6-8H,2-5H2,1H3/q-1. The molecule has 1 spiro atoms. The van der Waals surface area contributed by atoms with Gasteiger partial charge in [-0.05, 0) is 0 Å². The van der Waals surface area contributed by atoms with Crippen LogP contribution in [0.1, 0.15) is 32.6 Å². The predicted molar refractivity (Wildman–Crippen MR) is 37.6 cm³/mol. The summed E-state index contributed by atoms with van der Waals surface area (Å²) >= 11 is 0.626. The van der Waals surface area contributed by atoms with E-state index in [1.807, 2.05) is 0 Å². The fraction of sp³-hybridized carbons (Fsp3) is 1.00. The van der Waals surface area contributed by atoms with Gasteiger partial charge in [0.1, 0.15) is 0 Å². The zero-order valence-corrected chi connectivity index (χ0v) is 8.60. The van der Waals surface area contributed by atoms with Crippen LogP contribution < -0.4 is 21.2 Å². The molecule has 0 nitrogen and oxygen atoms in total. The Kier molecular flexibility index (Phi) is 1.08. The van der Waals surface area contributed by atoms with E-state index < -0.39 is 0 Å². The summed E-state index contributed by atoms with van der Waals surface area (Å²) in [4.78, 5) is 0. The molecule has 0 aromatic heterocycles. The molecule has 0 amide bonds. The summed E-state index contributed by atoms with van der Waals surface area (Å²) in [5.74, 6) is 1.22. The molecule has 1 aliphatic heterocycles. The Morgan fingerprint density at radius 3 is 3.00 bits per heavy atom. The molecule has 3 fully saturated rings. The van der Waals surface area contributed by atoms with Crippen LogP contribution >= 0.6 is 0 Å². The van der Waals surface area contributed by atoms with Gasteiger partial charge in [-0.15, -0.1) is 0 Å². The van der Waals surface area contributed by atoms with E-state index in [1.165, 1.54) is 13.8 Å². The molecule has 2 saturated carbocycles. The Balaban J connectivity index is 1.91. The average molecular weight is 249 g/mol. The summed E-state index contributed by atoms with van der Waals surface area (Å²) in [6.07, 6.45) is 6.56. The summed E-state index contributed by atoms with van der Waals surface area (Å²) < 4.78 is 2.44. The van der Waals surface area contributed by atoms with Gasteiger partial charge >= 0.3 is 73.0 Å². The van der Waals surface area contributed by atoms with Gasteiger partial charge in [-0.1, -0.05) is 0 Å². The molecule has 4 atom stereocenters. The van der Waals surface area contributed by atoms with Crippen molar-refractivity contribution in [2.75, 3.05) is 0 Å². The van der Waals surface area contributed by atoms with Crippen molar-refractivity contribution in [3.63, 3.8) is 0 Å². The van der Waals surface area contributed by atoms with E-state index in [1.54, 1.807) is 25.7 Å². The number of fused-ring (bicyclic) bond motifs is 1. The van der Waals surface area contributed by atoms with Crippen LogP contribution in [-0.2, 0) is 0 Å². The number of hydrogen-bond donors (Lipinski definition) is 0. The van der Waals surface area contributed by atoms with Crippen molar-refractivity contribution in [3.8, 4) is 0 Å². The monoisotopic (exact) mass is 249 g/mol. The SMILES string of the molecule is CC1CC23CC(CC2C3)[I-]1. The molecule has 0 N–H and O–H groups in total. The second-order valence-corrected chi connectivity index (χ2v) is 9.02. The predicted octanol–water partition coefficient (Wildman–Crippen LogP) is -0.964. The van der Waals surface area contributed by atoms with E-state index in [-0.39, 0.29) is 0 Å². The molecule has 0 radical (unpaired) electrons. The van der Waals surface area contributed by atoms with E-state index in [9.17, 15) is 0 Å². The van der Waals surface area contributed by atoms with E-state index in [2.05, 4.69) is 6.92 Å². The molecule has 2 aliphatic carbocycles. The molecule has 58 valence electrons. The van der Waals surface area contributed by atoms with E-state index >= 15 is 0 Å². The van der Waals surface area contributed by atoms with Crippen LogP contribution in [0, 0.1) is 11.3 Å². The fourth-order valence-electron chi connectivity index (χ4n) is 3.19. The third kappa shape index (κ3) is 0.678. The van der Waals surface area contributed by atoms with Crippen LogP contribution in [0.25, 0.3) is 0 Å². The molecule has 0 aromatic rings. The molecule has 1 heteroatoms.